The molecule has 0 aromatic heterocycles. The Bertz CT molecular complexity index is 530. The summed E-state index contributed by atoms with van der Waals surface area (Å²) in [6, 6.07) is 7.66. The second-order valence-corrected chi connectivity index (χ2v) is 5.72. The topological polar surface area (TPSA) is 67.4 Å². The molecule has 1 saturated carbocycles. The summed E-state index contributed by atoms with van der Waals surface area (Å²) in [7, 11) is 0. The van der Waals surface area contributed by atoms with E-state index < -0.39 is 0 Å². The minimum atomic E-state index is -0.0639. The van der Waals surface area contributed by atoms with Crippen LogP contribution in [0.4, 0.5) is 0 Å². The first-order valence-electron chi connectivity index (χ1n) is 7.86. The zero-order valence-corrected chi connectivity index (χ0v) is 13.2. The normalized spacial score (nSPS) is 19.4. The third-order valence-corrected chi connectivity index (χ3v) is 3.80. The molecule has 5 nitrogen and oxygen atoms in total. The molecule has 0 unspecified atom stereocenters. The molecular weight excluding hydrogens is 280 g/mol. The van der Waals surface area contributed by atoms with Crippen LogP contribution in [0.3, 0.4) is 0 Å². The number of amides is 2. The molecule has 0 spiro atoms. The third-order valence-electron chi connectivity index (χ3n) is 3.80. The Kier molecular flexibility index (Phi) is 5.81. The molecule has 0 radical (unpaired) electrons. The van der Waals surface area contributed by atoms with Gasteiger partial charge in [-0.1, -0.05) is 19.1 Å². The fourth-order valence-corrected chi connectivity index (χ4v) is 2.32. The van der Waals surface area contributed by atoms with E-state index in [0.29, 0.717) is 32.0 Å². The molecule has 1 aliphatic rings. The van der Waals surface area contributed by atoms with Crippen molar-refractivity contribution in [1.82, 2.24) is 10.6 Å². The van der Waals surface area contributed by atoms with Gasteiger partial charge >= 0.3 is 0 Å². The van der Waals surface area contributed by atoms with E-state index in [1.807, 2.05) is 31.2 Å². The summed E-state index contributed by atoms with van der Waals surface area (Å²) in [4.78, 5) is 23.4. The van der Waals surface area contributed by atoms with Gasteiger partial charge in [-0.3, -0.25) is 9.59 Å². The Morgan fingerprint density at radius 3 is 2.77 bits per heavy atom. The van der Waals surface area contributed by atoms with Gasteiger partial charge in [0, 0.05) is 25.4 Å². The van der Waals surface area contributed by atoms with E-state index in [1.165, 1.54) is 0 Å². The quantitative estimate of drug-likeness (QED) is 0.770. The van der Waals surface area contributed by atoms with Gasteiger partial charge in [-0.25, -0.2) is 0 Å². The van der Waals surface area contributed by atoms with Crippen molar-refractivity contribution in [2.75, 3.05) is 13.2 Å². The van der Waals surface area contributed by atoms with Crippen LogP contribution in [0.1, 0.15) is 32.3 Å². The SMILES string of the molecule is CCOc1cccc(CNC(=O)CCNC(=O)[C@H]2C[C@H]2C)c1. The summed E-state index contributed by atoms with van der Waals surface area (Å²) in [6.45, 7) is 5.48. The predicted octanol–water partition coefficient (Wildman–Crippen LogP) is 1.86. The van der Waals surface area contributed by atoms with Gasteiger partial charge in [0.05, 0.1) is 6.61 Å². The highest BCUT2D eigenvalue weighted by Gasteiger charge is 2.38. The average Bonchev–Trinajstić information content (AvgIpc) is 3.23. The van der Waals surface area contributed by atoms with E-state index in [0.717, 1.165) is 17.7 Å². The van der Waals surface area contributed by atoms with Crippen LogP contribution in [0, 0.1) is 11.8 Å². The minimum absolute atomic E-state index is 0.0639. The van der Waals surface area contributed by atoms with Crippen molar-refractivity contribution in [2.24, 2.45) is 11.8 Å². The molecule has 2 rings (SSSR count). The van der Waals surface area contributed by atoms with Crippen LogP contribution < -0.4 is 15.4 Å². The Morgan fingerprint density at radius 1 is 1.32 bits per heavy atom. The first-order valence-corrected chi connectivity index (χ1v) is 7.86. The molecule has 22 heavy (non-hydrogen) atoms. The number of hydrogen-bond acceptors (Lipinski definition) is 3. The molecule has 5 heteroatoms. The average molecular weight is 304 g/mol. The van der Waals surface area contributed by atoms with Crippen LogP contribution in [0.2, 0.25) is 0 Å². The Morgan fingerprint density at radius 2 is 2.09 bits per heavy atom. The summed E-state index contributed by atoms with van der Waals surface area (Å²) in [5.41, 5.74) is 0.996. The van der Waals surface area contributed by atoms with Gasteiger partial charge in [-0.05, 0) is 37.0 Å². The lowest BCUT2D eigenvalue weighted by Gasteiger charge is -2.08. The van der Waals surface area contributed by atoms with Gasteiger partial charge in [0.1, 0.15) is 5.75 Å². The van der Waals surface area contributed by atoms with Crippen LogP contribution in [-0.2, 0) is 16.1 Å². The van der Waals surface area contributed by atoms with Gasteiger partial charge in [0.15, 0.2) is 0 Å². The predicted molar refractivity (Wildman–Crippen MR) is 84.4 cm³/mol. The Labute approximate surface area is 131 Å². The van der Waals surface area contributed by atoms with E-state index in [-0.39, 0.29) is 17.7 Å². The van der Waals surface area contributed by atoms with Crippen molar-refractivity contribution in [3.05, 3.63) is 29.8 Å². The lowest BCUT2D eigenvalue weighted by Crippen LogP contribution is -2.31. The minimum Gasteiger partial charge on any atom is -0.494 e. The molecule has 1 aliphatic carbocycles. The second-order valence-electron chi connectivity index (χ2n) is 5.72. The van der Waals surface area contributed by atoms with Crippen LogP contribution in [0.5, 0.6) is 5.75 Å². The van der Waals surface area contributed by atoms with Crippen molar-refractivity contribution >= 4 is 11.8 Å². The Balaban J connectivity index is 1.64. The maximum atomic E-state index is 11.8. The second kappa shape index (κ2) is 7.82. The smallest absolute Gasteiger partial charge is 0.223 e. The highest BCUT2D eigenvalue weighted by molar-refractivity contribution is 5.82. The number of benzene rings is 1. The molecule has 2 atom stereocenters. The van der Waals surface area contributed by atoms with E-state index in [4.69, 9.17) is 4.74 Å². The van der Waals surface area contributed by atoms with Gasteiger partial charge < -0.3 is 15.4 Å². The molecule has 0 heterocycles. The van der Waals surface area contributed by atoms with Crippen molar-refractivity contribution in [3.8, 4) is 5.75 Å². The number of carbonyl (C=O) groups is 2. The zero-order valence-electron chi connectivity index (χ0n) is 13.2. The van der Waals surface area contributed by atoms with Crippen LogP contribution >= 0.6 is 0 Å². The molecule has 0 aliphatic heterocycles. The molecule has 2 amide bonds. The van der Waals surface area contributed by atoms with Crippen LogP contribution in [0.15, 0.2) is 24.3 Å². The summed E-state index contributed by atoms with van der Waals surface area (Å²) < 4.78 is 5.42. The van der Waals surface area contributed by atoms with E-state index in [1.54, 1.807) is 0 Å². The fourth-order valence-electron chi connectivity index (χ4n) is 2.32. The van der Waals surface area contributed by atoms with Gasteiger partial charge in [0.25, 0.3) is 0 Å². The van der Waals surface area contributed by atoms with Crippen molar-refractivity contribution in [1.29, 1.82) is 0 Å². The zero-order chi connectivity index (χ0) is 15.9. The van der Waals surface area contributed by atoms with Crippen molar-refractivity contribution in [3.63, 3.8) is 0 Å². The lowest BCUT2D eigenvalue weighted by atomic mass is 10.2. The van der Waals surface area contributed by atoms with E-state index in [2.05, 4.69) is 17.6 Å². The summed E-state index contributed by atoms with van der Waals surface area (Å²) >= 11 is 0. The van der Waals surface area contributed by atoms with Gasteiger partial charge in [-0.15, -0.1) is 0 Å². The summed E-state index contributed by atoms with van der Waals surface area (Å²) in [5, 5.41) is 5.66. The molecule has 2 N–H and O–H groups in total. The van der Waals surface area contributed by atoms with E-state index >= 15 is 0 Å². The number of nitrogens with one attached hydrogen (secondary N) is 2. The van der Waals surface area contributed by atoms with Crippen molar-refractivity contribution in [2.45, 2.75) is 33.2 Å². The maximum absolute atomic E-state index is 11.8. The lowest BCUT2D eigenvalue weighted by molar-refractivity contribution is -0.123. The number of carbonyl (C=O) groups excluding carboxylic acids is 2. The number of rotatable bonds is 8. The summed E-state index contributed by atoms with van der Waals surface area (Å²) in [6.07, 6.45) is 1.27. The standard InChI is InChI=1S/C17H24N2O3/c1-3-22-14-6-4-5-13(10-14)11-19-16(20)7-8-18-17(21)15-9-12(15)2/h4-6,10,12,15H,3,7-9,11H2,1-2H3,(H,18,21)(H,19,20)/t12-,15+/m1/s1. The molecule has 120 valence electrons. The fraction of sp³-hybridized carbons (Fsp3) is 0.529. The molecular formula is C17H24N2O3. The molecule has 0 bridgehead atoms. The summed E-state index contributed by atoms with van der Waals surface area (Å²) in [5.74, 6) is 1.46. The number of hydrogen-bond donors (Lipinski definition) is 2. The third kappa shape index (κ3) is 5.06. The van der Waals surface area contributed by atoms with Crippen molar-refractivity contribution < 1.29 is 14.3 Å². The van der Waals surface area contributed by atoms with Crippen LogP contribution in [0.25, 0.3) is 0 Å². The molecule has 1 fully saturated rings. The molecule has 1 aromatic rings. The highest BCUT2D eigenvalue weighted by atomic mass is 16.5. The van der Waals surface area contributed by atoms with Gasteiger partial charge in [0.2, 0.25) is 11.8 Å². The first-order chi connectivity index (χ1) is 10.6. The number of ether oxygens (including phenoxy) is 1. The monoisotopic (exact) mass is 304 g/mol. The highest BCUT2D eigenvalue weighted by Crippen LogP contribution is 2.37. The molecule has 1 aromatic carbocycles. The first kappa shape index (κ1) is 16.3. The largest absolute Gasteiger partial charge is 0.494 e. The molecule has 0 saturated heterocycles. The van der Waals surface area contributed by atoms with Crippen LogP contribution in [-0.4, -0.2) is 25.0 Å². The Hall–Kier alpha value is -2.04. The van der Waals surface area contributed by atoms with Gasteiger partial charge in [-0.2, -0.15) is 0 Å². The maximum Gasteiger partial charge on any atom is 0.223 e. The van der Waals surface area contributed by atoms with E-state index in [9.17, 15) is 9.59 Å².